The van der Waals surface area contributed by atoms with E-state index in [2.05, 4.69) is 9.97 Å². The van der Waals surface area contributed by atoms with E-state index in [1.54, 1.807) is 22.9 Å². The molecule has 0 N–H and O–H groups in total. The normalized spacial score (nSPS) is 11.2. The molecule has 0 radical (unpaired) electrons. The molecule has 0 fully saturated rings. The van der Waals surface area contributed by atoms with Crippen LogP contribution in [0.15, 0.2) is 53.5 Å². The van der Waals surface area contributed by atoms with Gasteiger partial charge in [-0.25, -0.2) is 9.97 Å². The molecule has 4 nitrogen and oxygen atoms in total. The van der Waals surface area contributed by atoms with Gasteiger partial charge in [0.1, 0.15) is 5.82 Å². The largest absolute Gasteiger partial charge is 0.289 e. The topological polar surface area (TPSA) is 47.8 Å². The van der Waals surface area contributed by atoms with Gasteiger partial charge in [0.25, 0.3) is 5.56 Å². The van der Waals surface area contributed by atoms with Crippen LogP contribution in [0.5, 0.6) is 0 Å². The highest BCUT2D eigenvalue weighted by Gasteiger charge is 2.14. The zero-order chi connectivity index (χ0) is 14.1. The quantitative estimate of drug-likeness (QED) is 0.715. The SMILES string of the molecule is CC(C)n1c(-c2ccccc2)nc2ncccc2c1=O. The third-order valence-corrected chi connectivity index (χ3v) is 3.22. The van der Waals surface area contributed by atoms with Crippen molar-refractivity contribution in [2.24, 2.45) is 0 Å². The summed E-state index contributed by atoms with van der Waals surface area (Å²) in [6.45, 7) is 3.97. The zero-order valence-electron chi connectivity index (χ0n) is 11.4. The minimum atomic E-state index is -0.0445. The molecule has 0 aliphatic carbocycles. The van der Waals surface area contributed by atoms with Gasteiger partial charge in [-0.3, -0.25) is 9.36 Å². The van der Waals surface area contributed by atoms with E-state index < -0.39 is 0 Å². The minimum Gasteiger partial charge on any atom is -0.289 e. The maximum absolute atomic E-state index is 12.6. The lowest BCUT2D eigenvalue weighted by Gasteiger charge is -2.16. The van der Waals surface area contributed by atoms with Gasteiger partial charge < -0.3 is 0 Å². The fraction of sp³-hybridized carbons (Fsp3) is 0.188. The molecule has 3 aromatic rings. The Bertz CT molecular complexity index is 807. The third kappa shape index (κ3) is 1.99. The van der Waals surface area contributed by atoms with E-state index in [0.717, 1.165) is 5.56 Å². The van der Waals surface area contributed by atoms with Crippen molar-refractivity contribution in [1.82, 2.24) is 14.5 Å². The average Bonchev–Trinajstić information content (AvgIpc) is 2.47. The van der Waals surface area contributed by atoms with Crippen LogP contribution in [0.3, 0.4) is 0 Å². The van der Waals surface area contributed by atoms with Crippen molar-refractivity contribution in [3.05, 3.63) is 59.0 Å². The van der Waals surface area contributed by atoms with Crippen molar-refractivity contribution in [2.75, 3.05) is 0 Å². The second-order valence-electron chi connectivity index (χ2n) is 4.94. The summed E-state index contributed by atoms with van der Waals surface area (Å²) in [5, 5.41) is 0.556. The Labute approximate surface area is 116 Å². The summed E-state index contributed by atoms with van der Waals surface area (Å²) >= 11 is 0. The molecular formula is C16H15N3O. The van der Waals surface area contributed by atoms with Crippen molar-refractivity contribution in [3.8, 4) is 11.4 Å². The molecule has 0 spiro atoms. The van der Waals surface area contributed by atoms with Crippen molar-refractivity contribution in [1.29, 1.82) is 0 Å². The van der Waals surface area contributed by atoms with E-state index in [0.29, 0.717) is 16.9 Å². The van der Waals surface area contributed by atoms with Crippen LogP contribution in [0, 0.1) is 0 Å². The van der Waals surface area contributed by atoms with Gasteiger partial charge in [-0.2, -0.15) is 0 Å². The smallest absolute Gasteiger partial charge is 0.263 e. The summed E-state index contributed by atoms with van der Waals surface area (Å²) in [7, 11) is 0. The van der Waals surface area contributed by atoms with Crippen LogP contribution < -0.4 is 5.56 Å². The number of nitrogens with zero attached hydrogens (tertiary/aromatic N) is 3. The highest BCUT2D eigenvalue weighted by molar-refractivity contribution is 5.75. The van der Waals surface area contributed by atoms with Gasteiger partial charge in [-0.15, -0.1) is 0 Å². The van der Waals surface area contributed by atoms with Gasteiger partial charge >= 0.3 is 0 Å². The van der Waals surface area contributed by atoms with E-state index in [1.807, 2.05) is 44.2 Å². The summed E-state index contributed by atoms with van der Waals surface area (Å²) in [5.41, 5.74) is 1.37. The zero-order valence-corrected chi connectivity index (χ0v) is 11.4. The molecule has 1 aromatic carbocycles. The maximum Gasteiger partial charge on any atom is 0.263 e. The van der Waals surface area contributed by atoms with Gasteiger partial charge in [0.15, 0.2) is 5.65 Å². The first kappa shape index (κ1) is 12.5. The molecule has 4 heteroatoms. The van der Waals surface area contributed by atoms with Gasteiger partial charge in [-0.05, 0) is 26.0 Å². The standard InChI is InChI=1S/C16H15N3O/c1-11(2)19-15(12-7-4-3-5-8-12)18-14-13(16(19)20)9-6-10-17-14/h3-11H,1-2H3. The fourth-order valence-electron chi connectivity index (χ4n) is 2.30. The summed E-state index contributed by atoms with van der Waals surface area (Å²) in [6, 6.07) is 13.3. The van der Waals surface area contributed by atoms with Crippen LogP contribution >= 0.6 is 0 Å². The van der Waals surface area contributed by atoms with Crippen LogP contribution in [-0.4, -0.2) is 14.5 Å². The predicted molar refractivity (Wildman–Crippen MR) is 79.6 cm³/mol. The molecule has 0 atom stereocenters. The third-order valence-electron chi connectivity index (χ3n) is 3.22. The van der Waals surface area contributed by atoms with E-state index in [-0.39, 0.29) is 11.6 Å². The van der Waals surface area contributed by atoms with Gasteiger partial charge in [0, 0.05) is 17.8 Å². The molecular weight excluding hydrogens is 250 g/mol. The van der Waals surface area contributed by atoms with Crippen LogP contribution in [0.1, 0.15) is 19.9 Å². The molecule has 0 unspecified atom stereocenters. The number of hydrogen-bond acceptors (Lipinski definition) is 3. The number of benzene rings is 1. The summed E-state index contributed by atoms with van der Waals surface area (Å²) in [4.78, 5) is 21.4. The van der Waals surface area contributed by atoms with E-state index in [9.17, 15) is 4.79 Å². The second kappa shape index (κ2) is 4.89. The summed E-state index contributed by atoms with van der Waals surface area (Å²) in [6.07, 6.45) is 1.66. The lowest BCUT2D eigenvalue weighted by molar-refractivity contribution is 0.581. The maximum atomic E-state index is 12.6. The average molecular weight is 265 g/mol. The van der Waals surface area contributed by atoms with Crippen LogP contribution in [0.25, 0.3) is 22.4 Å². The monoisotopic (exact) mass is 265 g/mol. The molecule has 100 valence electrons. The van der Waals surface area contributed by atoms with Crippen molar-refractivity contribution >= 4 is 11.0 Å². The molecule has 2 heterocycles. The molecule has 0 aliphatic heterocycles. The highest BCUT2D eigenvalue weighted by atomic mass is 16.1. The predicted octanol–water partition coefficient (Wildman–Crippen LogP) is 3.04. The molecule has 3 rings (SSSR count). The van der Waals surface area contributed by atoms with E-state index in [4.69, 9.17) is 0 Å². The molecule has 0 bridgehead atoms. The van der Waals surface area contributed by atoms with Crippen LogP contribution in [0.2, 0.25) is 0 Å². The summed E-state index contributed by atoms with van der Waals surface area (Å²) in [5.74, 6) is 0.664. The molecule has 0 aliphatic rings. The molecule has 20 heavy (non-hydrogen) atoms. The molecule has 0 saturated heterocycles. The molecule has 0 saturated carbocycles. The Balaban J connectivity index is 2.42. The Morgan fingerprint density at radius 1 is 1.05 bits per heavy atom. The number of pyridine rings is 1. The summed E-state index contributed by atoms with van der Waals surface area (Å²) < 4.78 is 1.72. The van der Waals surface area contributed by atoms with Crippen LogP contribution in [-0.2, 0) is 0 Å². The van der Waals surface area contributed by atoms with Crippen molar-refractivity contribution in [3.63, 3.8) is 0 Å². The first-order chi connectivity index (χ1) is 9.68. The Morgan fingerprint density at radius 2 is 1.80 bits per heavy atom. The first-order valence-electron chi connectivity index (χ1n) is 6.61. The fourth-order valence-corrected chi connectivity index (χ4v) is 2.30. The number of rotatable bonds is 2. The van der Waals surface area contributed by atoms with Crippen molar-refractivity contribution < 1.29 is 0 Å². The molecule has 0 amide bonds. The number of aromatic nitrogens is 3. The minimum absolute atomic E-state index is 0.0369. The Hall–Kier alpha value is -2.49. The number of hydrogen-bond donors (Lipinski definition) is 0. The lowest BCUT2D eigenvalue weighted by Crippen LogP contribution is -2.25. The van der Waals surface area contributed by atoms with Gasteiger partial charge in [0.2, 0.25) is 0 Å². The van der Waals surface area contributed by atoms with Crippen LogP contribution in [0.4, 0.5) is 0 Å². The van der Waals surface area contributed by atoms with E-state index in [1.165, 1.54) is 0 Å². The Morgan fingerprint density at radius 3 is 2.50 bits per heavy atom. The highest BCUT2D eigenvalue weighted by Crippen LogP contribution is 2.20. The van der Waals surface area contributed by atoms with Crippen molar-refractivity contribution in [2.45, 2.75) is 19.9 Å². The Kier molecular flexibility index (Phi) is 3.06. The first-order valence-corrected chi connectivity index (χ1v) is 6.61. The second-order valence-corrected chi connectivity index (χ2v) is 4.94. The molecule has 2 aromatic heterocycles. The van der Waals surface area contributed by atoms with Gasteiger partial charge in [0.05, 0.1) is 5.39 Å². The lowest BCUT2D eigenvalue weighted by atomic mass is 10.2. The number of fused-ring (bicyclic) bond motifs is 1. The van der Waals surface area contributed by atoms with Gasteiger partial charge in [-0.1, -0.05) is 30.3 Å². The van der Waals surface area contributed by atoms with E-state index >= 15 is 0 Å².